The van der Waals surface area contributed by atoms with Crippen molar-refractivity contribution in [2.24, 2.45) is 0 Å². The van der Waals surface area contributed by atoms with E-state index in [1.54, 1.807) is 6.07 Å². The summed E-state index contributed by atoms with van der Waals surface area (Å²) in [5.74, 6) is 1.01. The van der Waals surface area contributed by atoms with Crippen LogP contribution in [0.25, 0.3) is 0 Å². The molecule has 0 spiro atoms. The highest BCUT2D eigenvalue weighted by Crippen LogP contribution is 2.30. The molecular weight excluding hydrogens is 287 g/mol. The van der Waals surface area contributed by atoms with Gasteiger partial charge in [-0.2, -0.15) is 0 Å². The van der Waals surface area contributed by atoms with E-state index in [0.29, 0.717) is 28.2 Å². The van der Waals surface area contributed by atoms with E-state index in [2.05, 4.69) is 20.9 Å². The Hall–Kier alpha value is -1.20. The first-order chi connectivity index (χ1) is 9.11. The Balaban J connectivity index is 2.19. The first-order valence-corrected chi connectivity index (χ1v) is 7.01. The molecule has 3 N–H and O–H groups in total. The highest BCUT2D eigenvalue weighted by atomic mass is 35.5. The summed E-state index contributed by atoms with van der Waals surface area (Å²) >= 11 is 12.1. The van der Waals surface area contributed by atoms with Crippen LogP contribution < -0.4 is 16.0 Å². The van der Waals surface area contributed by atoms with E-state index in [4.69, 9.17) is 23.2 Å². The molecule has 1 aromatic rings. The summed E-state index contributed by atoms with van der Waals surface area (Å²) in [7, 11) is 0. The fourth-order valence-corrected chi connectivity index (χ4v) is 2.41. The molecule has 0 radical (unpaired) electrons. The second-order valence-electron chi connectivity index (χ2n) is 4.31. The van der Waals surface area contributed by atoms with Gasteiger partial charge in [-0.15, -0.1) is 0 Å². The van der Waals surface area contributed by atoms with Crippen LogP contribution in [0.5, 0.6) is 0 Å². The molecule has 1 aliphatic heterocycles. The maximum Gasteiger partial charge on any atom is 0.242 e. The summed E-state index contributed by atoms with van der Waals surface area (Å²) < 4.78 is 0. The van der Waals surface area contributed by atoms with Crippen molar-refractivity contribution in [1.82, 2.24) is 10.3 Å². The number of carbonyl (C=O) groups is 1. The molecule has 7 heteroatoms. The van der Waals surface area contributed by atoms with Gasteiger partial charge in [0.15, 0.2) is 0 Å². The number of piperidine rings is 1. The van der Waals surface area contributed by atoms with Gasteiger partial charge in [0.05, 0.1) is 10.0 Å². The molecule has 19 heavy (non-hydrogen) atoms. The molecule has 0 saturated carbocycles. The largest absolute Gasteiger partial charge is 0.369 e. The van der Waals surface area contributed by atoms with Gasteiger partial charge in [-0.25, -0.2) is 4.98 Å². The summed E-state index contributed by atoms with van der Waals surface area (Å²) in [6.45, 7) is 3.38. The van der Waals surface area contributed by atoms with Crippen LogP contribution in [-0.4, -0.2) is 30.0 Å². The molecule has 2 rings (SSSR count). The van der Waals surface area contributed by atoms with E-state index in [9.17, 15) is 4.79 Å². The fraction of sp³-hybridized carbons (Fsp3) is 0.500. The molecule has 1 unspecified atom stereocenters. The zero-order valence-electron chi connectivity index (χ0n) is 10.6. The van der Waals surface area contributed by atoms with E-state index < -0.39 is 0 Å². The van der Waals surface area contributed by atoms with Gasteiger partial charge in [0.25, 0.3) is 0 Å². The first kappa shape index (κ1) is 14.2. The van der Waals surface area contributed by atoms with Crippen molar-refractivity contribution in [2.75, 3.05) is 23.7 Å². The summed E-state index contributed by atoms with van der Waals surface area (Å²) in [5, 5.41) is 9.80. The predicted molar refractivity (Wildman–Crippen MR) is 78.1 cm³/mol. The van der Waals surface area contributed by atoms with Crippen molar-refractivity contribution < 1.29 is 4.79 Å². The van der Waals surface area contributed by atoms with Crippen LogP contribution in [-0.2, 0) is 4.79 Å². The number of rotatable bonds is 4. The Kier molecular flexibility index (Phi) is 4.71. The van der Waals surface area contributed by atoms with E-state index in [1.807, 2.05) is 6.92 Å². The lowest BCUT2D eigenvalue weighted by atomic mass is 10.1. The molecule has 2 heterocycles. The smallest absolute Gasteiger partial charge is 0.242 e. The quantitative estimate of drug-likeness (QED) is 0.799. The van der Waals surface area contributed by atoms with E-state index >= 15 is 0 Å². The van der Waals surface area contributed by atoms with Crippen molar-refractivity contribution in [1.29, 1.82) is 0 Å². The summed E-state index contributed by atoms with van der Waals surface area (Å²) in [6.07, 6.45) is 1.71. The SMILES string of the molecule is CCNc1nc(NC2CCCNC2=O)c(Cl)cc1Cl. The minimum atomic E-state index is -0.297. The summed E-state index contributed by atoms with van der Waals surface area (Å²) in [4.78, 5) is 16.0. The van der Waals surface area contributed by atoms with E-state index in [-0.39, 0.29) is 11.9 Å². The molecule has 0 aromatic carbocycles. The number of halogens is 2. The minimum absolute atomic E-state index is 0.0240. The van der Waals surface area contributed by atoms with Gasteiger partial charge in [0, 0.05) is 13.1 Å². The number of carbonyl (C=O) groups excluding carboxylic acids is 1. The molecule has 5 nitrogen and oxygen atoms in total. The van der Waals surface area contributed by atoms with Crippen LogP contribution in [0, 0.1) is 0 Å². The lowest BCUT2D eigenvalue weighted by molar-refractivity contribution is -0.123. The average Bonchev–Trinajstić information content (AvgIpc) is 2.38. The monoisotopic (exact) mass is 302 g/mol. The van der Waals surface area contributed by atoms with E-state index in [0.717, 1.165) is 19.4 Å². The third-order valence-electron chi connectivity index (χ3n) is 2.87. The molecule has 1 saturated heterocycles. The second kappa shape index (κ2) is 6.30. The molecule has 1 amide bonds. The van der Waals surface area contributed by atoms with Crippen molar-refractivity contribution in [3.8, 4) is 0 Å². The van der Waals surface area contributed by atoms with Crippen molar-refractivity contribution >= 4 is 40.7 Å². The number of pyridine rings is 1. The van der Waals surface area contributed by atoms with Crippen LogP contribution in [0.3, 0.4) is 0 Å². The molecule has 0 bridgehead atoms. The molecule has 1 aromatic heterocycles. The molecular formula is C12H16Cl2N4O. The lowest BCUT2D eigenvalue weighted by Crippen LogP contribution is -2.44. The maximum absolute atomic E-state index is 11.7. The summed E-state index contributed by atoms with van der Waals surface area (Å²) in [6, 6.07) is 1.33. The average molecular weight is 303 g/mol. The number of nitrogens with one attached hydrogen (secondary N) is 3. The van der Waals surface area contributed by atoms with Gasteiger partial charge in [-0.05, 0) is 25.8 Å². The maximum atomic E-state index is 11.7. The van der Waals surface area contributed by atoms with Crippen LogP contribution in [0.2, 0.25) is 10.0 Å². The molecule has 0 aliphatic carbocycles. The standard InChI is InChI=1S/C12H16Cl2N4O/c1-2-15-10-7(13)6-8(14)11(18-10)17-9-4-3-5-16-12(9)19/h6,9H,2-5H2,1H3,(H,16,19)(H2,15,17,18). The van der Waals surface area contributed by atoms with Crippen molar-refractivity contribution in [3.05, 3.63) is 16.1 Å². The first-order valence-electron chi connectivity index (χ1n) is 6.26. The predicted octanol–water partition coefficient (Wildman–Crippen LogP) is 2.51. The van der Waals surface area contributed by atoms with Crippen LogP contribution in [0.1, 0.15) is 19.8 Å². The van der Waals surface area contributed by atoms with Crippen molar-refractivity contribution in [2.45, 2.75) is 25.8 Å². The fourth-order valence-electron chi connectivity index (χ4n) is 1.93. The van der Waals surface area contributed by atoms with Gasteiger partial charge in [0.2, 0.25) is 5.91 Å². The van der Waals surface area contributed by atoms with Gasteiger partial charge in [0.1, 0.15) is 17.7 Å². The second-order valence-corrected chi connectivity index (χ2v) is 5.12. The Bertz CT molecular complexity index is 481. The van der Waals surface area contributed by atoms with Gasteiger partial charge in [-0.3, -0.25) is 4.79 Å². The number of aromatic nitrogens is 1. The zero-order chi connectivity index (χ0) is 13.8. The Morgan fingerprint density at radius 1 is 1.42 bits per heavy atom. The van der Waals surface area contributed by atoms with Gasteiger partial charge in [-0.1, -0.05) is 23.2 Å². The lowest BCUT2D eigenvalue weighted by Gasteiger charge is -2.24. The number of amides is 1. The number of anilines is 2. The molecule has 1 atom stereocenters. The van der Waals surface area contributed by atoms with Gasteiger partial charge < -0.3 is 16.0 Å². The summed E-state index contributed by atoms with van der Waals surface area (Å²) in [5.41, 5.74) is 0. The normalized spacial score (nSPS) is 18.9. The Morgan fingerprint density at radius 2 is 2.16 bits per heavy atom. The third kappa shape index (κ3) is 3.42. The van der Waals surface area contributed by atoms with Crippen LogP contribution in [0.4, 0.5) is 11.6 Å². The molecule has 104 valence electrons. The number of hydrogen-bond donors (Lipinski definition) is 3. The molecule has 1 aliphatic rings. The van der Waals surface area contributed by atoms with Gasteiger partial charge >= 0.3 is 0 Å². The zero-order valence-corrected chi connectivity index (χ0v) is 12.1. The Morgan fingerprint density at radius 3 is 2.84 bits per heavy atom. The highest BCUT2D eigenvalue weighted by molar-refractivity contribution is 6.37. The minimum Gasteiger partial charge on any atom is -0.369 e. The molecule has 1 fully saturated rings. The Labute approximate surface area is 122 Å². The number of nitrogens with zero attached hydrogens (tertiary/aromatic N) is 1. The van der Waals surface area contributed by atoms with Crippen molar-refractivity contribution in [3.63, 3.8) is 0 Å². The van der Waals surface area contributed by atoms with Crippen LogP contribution >= 0.6 is 23.2 Å². The third-order valence-corrected chi connectivity index (χ3v) is 3.45. The number of hydrogen-bond acceptors (Lipinski definition) is 4. The highest BCUT2D eigenvalue weighted by Gasteiger charge is 2.23. The van der Waals surface area contributed by atoms with E-state index in [1.165, 1.54) is 0 Å². The topological polar surface area (TPSA) is 66.1 Å². The van der Waals surface area contributed by atoms with Crippen LogP contribution in [0.15, 0.2) is 6.07 Å².